The molecule has 2 amide bonds. The van der Waals surface area contributed by atoms with Gasteiger partial charge in [0.25, 0.3) is 0 Å². The van der Waals surface area contributed by atoms with E-state index >= 15 is 0 Å². The first-order chi connectivity index (χ1) is 16.0. The van der Waals surface area contributed by atoms with E-state index in [9.17, 15) is 9.59 Å². The number of hydrogen-bond acceptors (Lipinski definition) is 5. The van der Waals surface area contributed by atoms with Gasteiger partial charge in [-0.25, -0.2) is 0 Å². The van der Waals surface area contributed by atoms with Crippen molar-refractivity contribution >= 4 is 17.5 Å². The molecule has 0 bridgehead atoms. The maximum Gasteiger partial charge on any atom is 0.238 e. The molecule has 0 radical (unpaired) electrons. The highest BCUT2D eigenvalue weighted by molar-refractivity contribution is 5.92. The molecule has 1 fully saturated rings. The number of ether oxygens (including phenoxy) is 2. The maximum atomic E-state index is 12.5. The Bertz CT molecular complexity index is 880. The minimum Gasteiger partial charge on any atom is -0.457 e. The number of benzene rings is 2. The van der Waals surface area contributed by atoms with Crippen LogP contribution in [0.1, 0.15) is 33.1 Å². The van der Waals surface area contributed by atoms with Gasteiger partial charge in [0.2, 0.25) is 11.8 Å². The van der Waals surface area contributed by atoms with Crippen molar-refractivity contribution in [3.8, 4) is 11.5 Å². The number of nitrogens with zero attached hydrogens (tertiary/aromatic N) is 1. The molecule has 2 aromatic rings. The third-order valence-corrected chi connectivity index (χ3v) is 5.49. The Morgan fingerprint density at radius 1 is 1.03 bits per heavy atom. The molecule has 7 nitrogen and oxygen atoms in total. The number of rotatable bonds is 11. The standard InChI is InChI=1S/C26H35N3O4/c1-20(2)32-17-7-14-27-26(31)21-12-15-29(16-13-21)19-25(30)28-22-8-6-11-24(18-22)33-23-9-4-3-5-10-23/h3-6,8-11,18,20-21H,7,12-17,19H2,1-2H3,(H,27,31)(H,28,30). The highest BCUT2D eigenvalue weighted by atomic mass is 16.5. The highest BCUT2D eigenvalue weighted by Gasteiger charge is 2.25. The fourth-order valence-corrected chi connectivity index (χ4v) is 3.77. The lowest BCUT2D eigenvalue weighted by Crippen LogP contribution is -2.43. The summed E-state index contributed by atoms with van der Waals surface area (Å²) in [5.74, 6) is 1.47. The lowest BCUT2D eigenvalue weighted by Gasteiger charge is -2.30. The molecule has 1 aliphatic rings. The molecule has 1 aliphatic heterocycles. The summed E-state index contributed by atoms with van der Waals surface area (Å²) >= 11 is 0. The third kappa shape index (κ3) is 8.86. The van der Waals surface area contributed by atoms with Gasteiger partial charge in [0, 0.05) is 30.8 Å². The Balaban J connectivity index is 1.36. The van der Waals surface area contributed by atoms with Crippen LogP contribution in [0.4, 0.5) is 5.69 Å². The minimum atomic E-state index is -0.0695. The predicted octanol–water partition coefficient (Wildman–Crippen LogP) is 4.06. The number of nitrogens with one attached hydrogen (secondary N) is 2. The van der Waals surface area contributed by atoms with Crippen LogP contribution in [-0.2, 0) is 14.3 Å². The van der Waals surface area contributed by atoms with E-state index in [2.05, 4.69) is 15.5 Å². The smallest absolute Gasteiger partial charge is 0.238 e. The fourth-order valence-electron chi connectivity index (χ4n) is 3.77. The summed E-state index contributed by atoms with van der Waals surface area (Å²) in [7, 11) is 0. The largest absolute Gasteiger partial charge is 0.457 e. The van der Waals surface area contributed by atoms with Crippen LogP contribution >= 0.6 is 0 Å². The summed E-state index contributed by atoms with van der Waals surface area (Å²) in [6.45, 7) is 7.09. The summed E-state index contributed by atoms with van der Waals surface area (Å²) in [6.07, 6.45) is 2.57. The molecular weight excluding hydrogens is 418 g/mol. The zero-order valence-corrected chi connectivity index (χ0v) is 19.6. The third-order valence-electron chi connectivity index (χ3n) is 5.49. The van der Waals surface area contributed by atoms with Crippen LogP contribution in [0.3, 0.4) is 0 Å². The number of carbonyl (C=O) groups is 2. The molecule has 33 heavy (non-hydrogen) atoms. The molecule has 2 N–H and O–H groups in total. The van der Waals surface area contributed by atoms with Crippen molar-refractivity contribution in [2.75, 3.05) is 38.1 Å². The van der Waals surface area contributed by atoms with Gasteiger partial charge in [-0.2, -0.15) is 0 Å². The van der Waals surface area contributed by atoms with E-state index in [0.717, 1.165) is 38.1 Å². The lowest BCUT2D eigenvalue weighted by molar-refractivity contribution is -0.126. The van der Waals surface area contributed by atoms with E-state index in [1.807, 2.05) is 68.4 Å². The predicted molar refractivity (Wildman–Crippen MR) is 129 cm³/mol. The zero-order valence-electron chi connectivity index (χ0n) is 19.6. The van der Waals surface area contributed by atoms with Crippen molar-refractivity contribution in [1.82, 2.24) is 10.2 Å². The van der Waals surface area contributed by atoms with Crippen molar-refractivity contribution in [1.29, 1.82) is 0 Å². The van der Waals surface area contributed by atoms with E-state index in [1.165, 1.54) is 0 Å². The maximum absolute atomic E-state index is 12.5. The quantitative estimate of drug-likeness (QED) is 0.502. The van der Waals surface area contributed by atoms with Crippen molar-refractivity contribution in [3.05, 3.63) is 54.6 Å². The first kappa shape index (κ1) is 24.7. The van der Waals surface area contributed by atoms with Crippen molar-refractivity contribution in [3.63, 3.8) is 0 Å². The Morgan fingerprint density at radius 2 is 1.76 bits per heavy atom. The second-order valence-electron chi connectivity index (χ2n) is 8.61. The van der Waals surface area contributed by atoms with Crippen molar-refractivity contribution in [2.45, 2.75) is 39.2 Å². The van der Waals surface area contributed by atoms with Crippen LogP contribution in [0, 0.1) is 5.92 Å². The van der Waals surface area contributed by atoms with Crippen LogP contribution in [0.15, 0.2) is 54.6 Å². The zero-order chi connectivity index (χ0) is 23.5. The lowest BCUT2D eigenvalue weighted by atomic mass is 9.96. The van der Waals surface area contributed by atoms with Crippen LogP contribution in [0.5, 0.6) is 11.5 Å². The summed E-state index contributed by atoms with van der Waals surface area (Å²) < 4.78 is 11.3. The first-order valence-electron chi connectivity index (χ1n) is 11.7. The number of carbonyl (C=O) groups excluding carboxylic acids is 2. The molecule has 0 aromatic heterocycles. The highest BCUT2D eigenvalue weighted by Crippen LogP contribution is 2.24. The molecular formula is C26H35N3O4. The van der Waals surface area contributed by atoms with Gasteiger partial charge in [-0.1, -0.05) is 24.3 Å². The number of likely N-dealkylation sites (tertiary alicyclic amines) is 1. The number of piperidine rings is 1. The molecule has 0 unspecified atom stereocenters. The van der Waals surface area contributed by atoms with Crippen LogP contribution in [-0.4, -0.2) is 55.6 Å². The second-order valence-corrected chi connectivity index (χ2v) is 8.61. The monoisotopic (exact) mass is 453 g/mol. The van der Waals surface area contributed by atoms with E-state index in [1.54, 1.807) is 0 Å². The van der Waals surface area contributed by atoms with Gasteiger partial charge in [0.1, 0.15) is 11.5 Å². The molecule has 2 aromatic carbocycles. The molecule has 178 valence electrons. The van der Waals surface area contributed by atoms with E-state index < -0.39 is 0 Å². The summed E-state index contributed by atoms with van der Waals surface area (Å²) in [5.41, 5.74) is 0.698. The SMILES string of the molecule is CC(C)OCCCNC(=O)C1CCN(CC(=O)Nc2cccc(Oc3ccccc3)c2)CC1. The number of amides is 2. The van der Waals surface area contributed by atoms with E-state index in [-0.39, 0.29) is 23.8 Å². The number of hydrogen-bond donors (Lipinski definition) is 2. The van der Waals surface area contributed by atoms with E-state index in [0.29, 0.717) is 31.1 Å². The number of para-hydroxylation sites is 1. The van der Waals surface area contributed by atoms with Crippen molar-refractivity contribution in [2.24, 2.45) is 5.92 Å². The van der Waals surface area contributed by atoms with Crippen molar-refractivity contribution < 1.29 is 19.1 Å². The normalized spacial score (nSPS) is 14.8. The summed E-state index contributed by atoms with van der Waals surface area (Å²) in [6, 6.07) is 16.9. The Hall–Kier alpha value is -2.90. The Labute approximate surface area is 196 Å². The van der Waals surface area contributed by atoms with Gasteiger partial charge in [0.15, 0.2) is 0 Å². The van der Waals surface area contributed by atoms with Gasteiger partial charge in [-0.15, -0.1) is 0 Å². The molecule has 3 rings (SSSR count). The molecule has 1 saturated heterocycles. The average molecular weight is 454 g/mol. The van der Waals surface area contributed by atoms with Crippen LogP contribution in [0.2, 0.25) is 0 Å². The number of anilines is 1. The van der Waals surface area contributed by atoms with E-state index in [4.69, 9.17) is 9.47 Å². The first-order valence-corrected chi connectivity index (χ1v) is 11.7. The van der Waals surface area contributed by atoms with Gasteiger partial charge in [-0.05, 0) is 70.5 Å². The van der Waals surface area contributed by atoms with Gasteiger partial charge < -0.3 is 20.1 Å². The molecule has 0 saturated carbocycles. The van der Waals surface area contributed by atoms with Gasteiger partial charge >= 0.3 is 0 Å². The summed E-state index contributed by atoms with van der Waals surface area (Å²) in [4.78, 5) is 27.0. The Morgan fingerprint density at radius 3 is 2.48 bits per heavy atom. The summed E-state index contributed by atoms with van der Waals surface area (Å²) in [5, 5.41) is 5.95. The molecule has 1 heterocycles. The van der Waals surface area contributed by atoms with Gasteiger partial charge in [-0.3, -0.25) is 14.5 Å². The average Bonchev–Trinajstić information content (AvgIpc) is 2.80. The Kier molecular flexibility index (Phi) is 9.72. The molecule has 0 atom stereocenters. The molecule has 7 heteroatoms. The molecule has 0 aliphatic carbocycles. The minimum absolute atomic E-state index is 0.0159. The fraction of sp³-hybridized carbons (Fsp3) is 0.462. The topological polar surface area (TPSA) is 79.9 Å². The van der Waals surface area contributed by atoms with Crippen LogP contribution in [0.25, 0.3) is 0 Å². The second kappa shape index (κ2) is 13.0. The molecule has 0 spiro atoms. The van der Waals surface area contributed by atoms with Gasteiger partial charge in [0.05, 0.1) is 12.6 Å². The van der Waals surface area contributed by atoms with Crippen LogP contribution < -0.4 is 15.4 Å².